The Labute approximate surface area is 117 Å². The van der Waals surface area contributed by atoms with Crippen molar-refractivity contribution in [2.24, 2.45) is 5.92 Å². The zero-order valence-electron chi connectivity index (χ0n) is 11.2. The molecule has 0 bridgehead atoms. The maximum absolute atomic E-state index is 12.5. The number of piperidine rings is 1. The Hall–Kier alpha value is -0.830. The van der Waals surface area contributed by atoms with Crippen LogP contribution in [-0.2, 0) is 0 Å². The van der Waals surface area contributed by atoms with Gasteiger partial charge in [0.25, 0.3) is 5.91 Å². The van der Waals surface area contributed by atoms with Gasteiger partial charge in [0.2, 0.25) is 0 Å². The minimum absolute atomic E-state index is 0.171. The van der Waals surface area contributed by atoms with Crippen LogP contribution in [0.25, 0.3) is 0 Å². The maximum atomic E-state index is 12.5. The van der Waals surface area contributed by atoms with Crippen molar-refractivity contribution in [2.45, 2.75) is 39.7 Å². The lowest BCUT2D eigenvalue weighted by Crippen LogP contribution is -2.44. The molecule has 2 unspecified atom stereocenters. The molecule has 2 rings (SSSR count). The summed E-state index contributed by atoms with van der Waals surface area (Å²) in [5, 5.41) is 0. The lowest BCUT2D eigenvalue weighted by Gasteiger charge is -2.37. The minimum Gasteiger partial charge on any atom is -0.336 e. The van der Waals surface area contributed by atoms with Crippen molar-refractivity contribution in [2.75, 3.05) is 6.54 Å². The second-order valence-corrected chi connectivity index (χ2v) is 6.31. The fourth-order valence-electron chi connectivity index (χ4n) is 2.52. The normalized spacial score (nSPS) is 24.1. The Bertz CT molecular complexity index is 458. The van der Waals surface area contributed by atoms with Crippen molar-refractivity contribution >= 4 is 21.8 Å². The topological polar surface area (TPSA) is 20.3 Å². The first-order valence-corrected chi connectivity index (χ1v) is 7.35. The van der Waals surface area contributed by atoms with Crippen LogP contribution < -0.4 is 0 Å². The summed E-state index contributed by atoms with van der Waals surface area (Å²) in [4.78, 5) is 14.6. The molecule has 1 saturated heterocycles. The fourth-order valence-corrected chi connectivity index (χ4v) is 2.76. The Kier molecular flexibility index (Phi) is 4.10. The minimum atomic E-state index is 0.171. The third-order valence-corrected chi connectivity index (χ3v) is 4.67. The molecule has 1 aromatic rings. The summed E-state index contributed by atoms with van der Waals surface area (Å²) in [6, 6.07) is 6.20. The van der Waals surface area contributed by atoms with E-state index in [-0.39, 0.29) is 5.91 Å². The van der Waals surface area contributed by atoms with Gasteiger partial charge in [-0.15, -0.1) is 0 Å². The molecule has 98 valence electrons. The first kappa shape index (κ1) is 13.6. The molecule has 0 saturated carbocycles. The first-order chi connectivity index (χ1) is 8.49. The number of carbonyl (C=O) groups is 1. The predicted molar refractivity (Wildman–Crippen MR) is 77.8 cm³/mol. The number of benzene rings is 1. The number of rotatable bonds is 1. The molecule has 0 aromatic heterocycles. The highest BCUT2D eigenvalue weighted by Crippen LogP contribution is 2.24. The average molecular weight is 310 g/mol. The zero-order valence-corrected chi connectivity index (χ0v) is 12.8. The number of aryl methyl sites for hydroxylation is 1. The molecule has 1 amide bonds. The lowest BCUT2D eigenvalue weighted by molar-refractivity contribution is 0.0574. The highest BCUT2D eigenvalue weighted by Gasteiger charge is 2.27. The van der Waals surface area contributed by atoms with Gasteiger partial charge in [-0.1, -0.05) is 22.9 Å². The van der Waals surface area contributed by atoms with Gasteiger partial charge in [-0.05, 0) is 56.4 Å². The van der Waals surface area contributed by atoms with E-state index in [9.17, 15) is 4.79 Å². The van der Waals surface area contributed by atoms with Crippen molar-refractivity contribution < 1.29 is 4.79 Å². The summed E-state index contributed by atoms with van der Waals surface area (Å²) in [6.07, 6.45) is 2.34. The zero-order chi connectivity index (χ0) is 13.3. The van der Waals surface area contributed by atoms with Gasteiger partial charge < -0.3 is 4.90 Å². The van der Waals surface area contributed by atoms with Gasteiger partial charge in [0.15, 0.2) is 0 Å². The Morgan fingerprint density at radius 3 is 2.72 bits per heavy atom. The third kappa shape index (κ3) is 2.77. The Morgan fingerprint density at radius 2 is 2.06 bits per heavy atom. The van der Waals surface area contributed by atoms with Crippen molar-refractivity contribution in [3.05, 3.63) is 33.8 Å². The van der Waals surface area contributed by atoms with Gasteiger partial charge in [0.1, 0.15) is 0 Å². The maximum Gasteiger partial charge on any atom is 0.254 e. The van der Waals surface area contributed by atoms with Gasteiger partial charge in [-0.25, -0.2) is 0 Å². The van der Waals surface area contributed by atoms with E-state index >= 15 is 0 Å². The number of likely N-dealkylation sites (tertiary alicyclic amines) is 1. The van der Waals surface area contributed by atoms with Crippen LogP contribution in [0.4, 0.5) is 0 Å². The van der Waals surface area contributed by atoms with E-state index in [4.69, 9.17) is 0 Å². The monoisotopic (exact) mass is 309 g/mol. The second kappa shape index (κ2) is 5.43. The molecule has 3 heteroatoms. The van der Waals surface area contributed by atoms with Crippen LogP contribution in [0.5, 0.6) is 0 Å². The molecule has 1 aromatic carbocycles. The molecule has 1 aliphatic heterocycles. The molecule has 0 spiro atoms. The van der Waals surface area contributed by atoms with Gasteiger partial charge in [-0.3, -0.25) is 4.79 Å². The molecular formula is C15H20BrNO. The number of halogens is 1. The summed E-state index contributed by atoms with van der Waals surface area (Å²) < 4.78 is 1.05. The largest absolute Gasteiger partial charge is 0.336 e. The van der Waals surface area contributed by atoms with Gasteiger partial charge in [-0.2, -0.15) is 0 Å². The molecular weight excluding hydrogens is 290 g/mol. The van der Waals surface area contributed by atoms with Crippen LogP contribution in [-0.4, -0.2) is 23.4 Å². The van der Waals surface area contributed by atoms with Crippen molar-refractivity contribution in [3.8, 4) is 0 Å². The van der Waals surface area contributed by atoms with E-state index in [0.29, 0.717) is 12.0 Å². The summed E-state index contributed by atoms with van der Waals surface area (Å²) in [5.41, 5.74) is 1.91. The average Bonchev–Trinajstić information content (AvgIpc) is 2.35. The standard InChI is InChI=1S/C15H20BrNO/c1-10-4-5-12(3)17(9-10)15(18)13-6-7-14(16)11(2)8-13/h6-8,10,12H,4-5,9H2,1-3H3. The summed E-state index contributed by atoms with van der Waals surface area (Å²) >= 11 is 3.47. The Morgan fingerprint density at radius 1 is 1.33 bits per heavy atom. The molecule has 1 heterocycles. The summed E-state index contributed by atoms with van der Waals surface area (Å²) in [5.74, 6) is 0.784. The molecule has 2 nitrogen and oxygen atoms in total. The molecule has 0 N–H and O–H groups in total. The van der Waals surface area contributed by atoms with Crippen molar-refractivity contribution in [1.29, 1.82) is 0 Å². The number of amides is 1. The highest BCUT2D eigenvalue weighted by molar-refractivity contribution is 9.10. The van der Waals surface area contributed by atoms with E-state index in [1.807, 2.05) is 30.0 Å². The van der Waals surface area contributed by atoms with Crippen molar-refractivity contribution in [3.63, 3.8) is 0 Å². The van der Waals surface area contributed by atoms with E-state index < -0.39 is 0 Å². The quantitative estimate of drug-likeness (QED) is 0.767. The number of carbonyl (C=O) groups excluding carboxylic acids is 1. The molecule has 0 aliphatic carbocycles. The summed E-state index contributed by atoms with van der Waals surface area (Å²) in [6.45, 7) is 7.27. The molecule has 18 heavy (non-hydrogen) atoms. The van der Waals surface area contributed by atoms with Gasteiger partial charge >= 0.3 is 0 Å². The second-order valence-electron chi connectivity index (χ2n) is 5.45. The van der Waals surface area contributed by atoms with Crippen LogP contribution in [0.2, 0.25) is 0 Å². The van der Waals surface area contributed by atoms with E-state index in [0.717, 1.165) is 28.6 Å². The van der Waals surface area contributed by atoms with E-state index in [1.165, 1.54) is 6.42 Å². The highest BCUT2D eigenvalue weighted by atomic mass is 79.9. The fraction of sp³-hybridized carbons (Fsp3) is 0.533. The molecule has 1 aliphatic rings. The first-order valence-electron chi connectivity index (χ1n) is 6.56. The van der Waals surface area contributed by atoms with Crippen LogP contribution in [0.15, 0.2) is 22.7 Å². The molecule has 0 radical (unpaired) electrons. The van der Waals surface area contributed by atoms with E-state index in [1.54, 1.807) is 0 Å². The van der Waals surface area contributed by atoms with Crippen molar-refractivity contribution in [1.82, 2.24) is 4.90 Å². The summed E-state index contributed by atoms with van der Waals surface area (Å²) in [7, 11) is 0. The van der Waals surface area contributed by atoms with Gasteiger partial charge in [0, 0.05) is 22.6 Å². The van der Waals surface area contributed by atoms with Gasteiger partial charge in [0.05, 0.1) is 0 Å². The number of hydrogen-bond donors (Lipinski definition) is 0. The molecule has 2 atom stereocenters. The predicted octanol–water partition coefficient (Wildman–Crippen LogP) is 4.02. The number of nitrogens with zero attached hydrogens (tertiary/aromatic N) is 1. The molecule has 1 fully saturated rings. The number of hydrogen-bond acceptors (Lipinski definition) is 1. The Balaban J connectivity index is 2.21. The van der Waals surface area contributed by atoms with Crippen LogP contribution >= 0.6 is 15.9 Å². The van der Waals surface area contributed by atoms with Crippen LogP contribution in [0.1, 0.15) is 42.6 Å². The van der Waals surface area contributed by atoms with Crippen LogP contribution in [0.3, 0.4) is 0 Å². The van der Waals surface area contributed by atoms with Crippen LogP contribution in [0, 0.1) is 12.8 Å². The smallest absolute Gasteiger partial charge is 0.254 e. The van der Waals surface area contributed by atoms with E-state index in [2.05, 4.69) is 29.8 Å². The lowest BCUT2D eigenvalue weighted by atomic mass is 9.94. The third-order valence-electron chi connectivity index (χ3n) is 3.78. The SMILES string of the molecule is Cc1cc(C(=O)N2CC(C)CCC2C)ccc1Br.